The quantitative estimate of drug-likeness (QED) is 0.679. The number of rotatable bonds is 1. The van der Waals surface area contributed by atoms with Gasteiger partial charge in [0, 0.05) is 19.3 Å². The molecule has 0 fully saturated rings. The van der Waals surface area contributed by atoms with Crippen molar-refractivity contribution in [2.75, 3.05) is 0 Å². The van der Waals surface area contributed by atoms with Crippen LogP contribution in [0.1, 0.15) is 32.6 Å². The number of esters is 1. The topological polar surface area (TPSA) is 83.8 Å². The normalized spacial score (nSPS) is 26.3. The summed E-state index contributed by atoms with van der Waals surface area (Å²) >= 11 is 0. The number of aliphatic hydroxyl groups excluding tert-OH is 2. The van der Waals surface area contributed by atoms with E-state index in [9.17, 15) is 19.8 Å². The van der Waals surface area contributed by atoms with Gasteiger partial charge in [0.15, 0.2) is 5.78 Å². The van der Waals surface area contributed by atoms with E-state index in [1.807, 2.05) is 0 Å². The summed E-state index contributed by atoms with van der Waals surface area (Å²) in [6.07, 6.45) is 0.950. The Kier molecular flexibility index (Phi) is 2.92. The lowest BCUT2D eigenvalue weighted by molar-refractivity contribution is -0.145. The zero-order valence-electron chi connectivity index (χ0n) is 9.52. The zero-order valence-corrected chi connectivity index (χ0v) is 9.52. The number of Topliss-reactive ketones (excluding diaryl/α,β-unsaturated/α-hetero) is 1. The summed E-state index contributed by atoms with van der Waals surface area (Å²) in [7, 11) is 0. The average molecular weight is 238 g/mol. The van der Waals surface area contributed by atoms with Crippen LogP contribution >= 0.6 is 0 Å². The highest BCUT2D eigenvalue weighted by Gasteiger charge is 2.35. The van der Waals surface area contributed by atoms with Crippen LogP contribution in [0.15, 0.2) is 22.7 Å². The van der Waals surface area contributed by atoms with Crippen LogP contribution in [0.2, 0.25) is 0 Å². The van der Waals surface area contributed by atoms with Crippen molar-refractivity contribution in [2.45, 2.75) is 38.7 Å². The van der Waals surface area contributed by atoms with E-state index >= 15 is 0 Å². The maximum Gasteiger partial charge on any atom is 0.342 e. The van der Waals surface area contributed by atoms with Crippen molar-refractivity contribution in [1.29, 1.82) is 0 Å². The van der Waals surface area contributed by atoms with Crippen LogP contribution in [-0.4, -0.2) is 28.1 Å². The van der Waals surface area contributed by atoms with Crippen LogP contribution in [-0.2, 0) is 14.3 Å². The van der Waals surface area contributed by atoms with E-state index in [1.54, 1.807) is 6.92 Å². The zero-order chi connectivity index (χ0) is 12.6. The van der Waals surface area contributed by atoms with Gasteiger partial charge in [-0.15, -0.1) is 0 Å². The van der Waals surface area contributed by atoms with Gasteiger partial charge in [0.25, 0.3) is 0 Å². The standard InChI is InChI=1S/C12H14O5/c1-6-5-9(15)11(12(16)17-6)10-7(13)3-2-4-8(10)14/h6,13,15H,2-5H2,1H3. The summed E-state index contributed by atoms with van der Waals surface area (Å²) in [6.45, 7) is 1.65. The third-order valence-corrected chi connectivity index (χ3v) is 2.92. The van der Waals surface area contributed by atoms with Crippen molar-refractivity contribution >= 4 is 11.8 Å². The van der Waals surface area contributed by atoms with Gasteiger partial charge in [-0.1, -0.05) is 0 Å². The number of aliphatic hydroxyl groups is 2. The highest BCUT2D eigenvalue weighted by molar-refractivity contribution is 6.11. The Balaban J connectivity index is 2.48. The SMILES string of the molecule is CC1CC(O)=C(C2=C(O)CCCC2=O)C(=O)O1. The summed E-state index contributed by atoms with van der Waals surface area (Å²) in [5.74, 6) is -1.36. The lowest BCUT2D eigenvalue weighted by atomic mass is 9.88. The van der Waals surface area contributed by atoms with Crippen molar-refractivity contribution in [3.05, 3.63) is 22.7 Å². The summed E-state index contributed by atoms with van der Waals surface area (Å²) < 4.78 is 4.96. The fourth-order valence-corrected chi connectivity index (χ4v) is 2.13. The second-order valence-corrected chi connectivity index (χ2v) is 4.34. The van der Waals surface area contributed by atoms with Gasteiger partial charge in [-0.05, 0) is 13.3 Å². The van der Waals surface area contributed by atoms with Gasteiger partial charge >= 0.3 is 5.97 Å². The molecule has 0 bridgehead atoms. The summed E-state index contributed by atoms with van der Waals surface area (Å²) in [5.41, 5.74) is -0.226. The van der Waals surface area contributed by atoms with E-state index in [1.165, 1.54) is 0 Å². The Hall–Kier alpha value is -1.78. The van der Waals surface area contributed by atoms with E-state index in [2.05, 4.69) is 0 Å². The second-order valence-electron chi connectivity index (χ2n) is 4.34. The smallest absolute Gasteiger partial charge is 0.342 e. The van der Waals surface area contributed by atoms with Crippen molar-refractivity contribution in [2.24, 2.45) is 0 Å². The first-order chi connectivity index (χ1) is 8.00. The largest absolute Gasteiger partial charge is 0.512 e. The third kappa shape index (κ3) is 2.05. The van der Waals surface area contributed by atoms with Crippen molar-refractivity contribution < 1.29 is 24.5 Å². The van der Waals surface area contributed by atoms with E-state index in [0.717, 1.165) is 0 Å². The molecule has 0 saturated heterocycles. The summed E-state index contributed by atoms with van der Waals surface area (Å²) in [4.78, 5) is 23.4. The van der Waals surface area contributed by atoms with E-state index in [-0.39, 0.29) is 41.3 Å². The van der Waals surface area contributed by atoms with Gasteiger partial charge in [-0.3, -0.25) is 4.79 Å². The number of carbonyl (C=O) groups is 2. The molecule has 1 aliphatic carbocycles. The molecule has 0 saturated carbocycles. The average Bonchev–Trinajstić information content (AvgIpc) is 2.21. The molecule has 0 aromatic carbocycles. The van der Waals surface area contributed by atoms with Crippen molar-refractivity contribution in [3.8, 4) is 0 Å². The highest BCUT2D eigenvalue weighted by atomic mass is 16.5. The van der Waals surface area contributed by atoms with Crippen LogP contribution in [0, 0.1) is 0 Å². The van der Waals surface area contributed by atoms with Crippen LogP contribution < -0.4 is 0 Å². The molecule has 2 aliphatic rings. The number of allylic oxidation sites excluding steroid dienone is 1. The molecule has 0 amide bonds. The first-order valence-corrected chi connectivity index (χ1v) is 5.59. The van der Waals surface area contributed by atoms with E-state index in [4.69, 9.17) is 4.74 Å². The predicted molar refractivity (Wildman–Crippen MR) is 58.3 cm³/mol. The Morgan fingerprint density at radius 1 is 1.12 bits per heavy atom. The molecule has 1 heterocycles. The maximum absolute atomic E-state index is 11.7. The van der Waals surface area contributed by atoms with Gasteiger partial charge in [0.1, 0.15) is 23.2 Å². The molecule has 0 aromatic heterocycles. The number of cyclic esters (lactones) is 1. The van der Waals surface area contributed by atoms with E-state index < -0.39 is 12.1 Å². The van der Waals surface area contributed by atoms with Crippen LogP contribution in [0.3, 0.4) is 0 Å². The number of hydrogen-bond donors (Lipinski definition) is 2. The van der Waals surface area contributed by atoms with E-state index in [0.29, 0.717) is 12.8 Å². The maximum atomic E-state index is 11.7. The molecule has 5 nitrogen and oxygen atoms in total. The molecule has 92 valence electrons. The molecular formula is C12H14O5. The first kappa shape index (κ1) is 11.7. The van der Waals surface area contributed by atoms with Gasteiger partial charge in [-0.2, -0.15) is 0 Å². The summed E-state index contributed by atoms with van der Waals surface area (Å²) in [6, 6.07) is 0. The Morgan fingerprint density at radius 3 is 2.41 bits per heavy atom. The monoisotopic (exact) mass is 238 g/mol. The minimum Gasteiger partial charge on any atom is -0.512 e. The van der Waals surface area contributed by atoms with Gasteiger partial charge in [0.2, 0.25) is 0 Å². The number of ketones is 1. The van der Waals surface area contributed by atoms with Crippen LogP contribution in [0.25, 0.3) is 0 Å². The fraction of sp³-hybridized carbons (Fsp3) is 0.500. The minimum absolute atomic E-state index is 0.0642. The summed E-state index contributed by atoms with van der Waals surface area (Å²) in [5, 5.41) is 19.5. The number of carbonyl (C=O) groups excluding carboxylic acids is 2. The van der Waals surface area contributed by atoms with Gasteiger partial charge in [0.05, 0.1) is 5.57 Å². The molecule has 0 aromatic rings. The van der Waals surface area contributed by atoms with Crippen molar-refractivity contribution in [3.63, 3.8) is 0 Å². The Morgan fingerprint density at radius 2 is 1.82 bits per heavy atom. The molecule has 1 aliphatic heterocycles. The first-order valence-electron chi connectivity index (χ1n) is 5.59. The molecule has 0 spiro atoms. The molecule has 2 rings (SSSR count). The number of ether oxygens (including phenoxy) is 1. The molecule has 1 unspecified atom stereocenters. The Labute approximate surface area is 98.4 Å². The van der Waals surface area contributed by atoms with Gasteiger partial charge < -0.3 is 14.9 Å². The molecule has 5 heteroatoms. The molecule has 2 N–H and O–H groups in total. The molecular weight excluding hydrogens is 224 g/mol. The predicted octanol–water partition coefficient (Wildman–Crippen LogP) is 1.70. The third-order valence-electron chi connectivity index (χ3n) is 2.92. The molecule has 1 atom stereocenters. The van der Waals surface area contributed by atoms with Crippen LogP contribution in [0.4, 0.5) is 0 Å². The number of hydrogen-bond acceptors (Lipinski definition) is 5. The lowest BCUT2D eigenvalue weighted by Gasteiger charge is -2.24. The Bertz CT molecular complexity index is 444. The molecule has 0 radical (unpaired) electrons. The van der Waals surface area contributed by atoms with Gasteiger partial charge in [-0.25, -0.2) is 4.79 Å². The molecule has 17 heavy (non-hydrogen) atoms. The fourth-order valence-electron chi connectivity index (χ4n) is 2.13. The van der Waals surface area contributed by atoms with Crippen molar-refractivity contribution in [1.82, 2.24) is 0 Å². The second kappa shape index (κ2) is 4.24. The highest BCUT2D eigenvalue weighted by Crippen LogP contribution is 2.31. The lowest BCUT2D eigenvalue weighted by Crippen LogP contribution is -2.28. The minimum atomic E-state index is -0.738. The van der Waals surface area contributed by atoms with Crippen LogP contribution in [0.5, 0.6) is 0 Å².